The van der Waals surface area contributed by atoms with Gasteiger partial charge in [0.1, 0.15) is 19.3 Å². The van der Waals surface area contributed by atoms with Crippen molar-refractivity contribution < 1.29 is 80.2 Å². The summed E-state index contributed by atoms with van der Waals surface area (Å²) < 4.78 is 68.7. The number of aliphatic hydroxyl groups is 1. The van der Waals surface area contributed by atoms with Gasteiger partial charge in [0.15, 0.2) is 12.2 Å². The lowest BCUT2D eigenvalue weighted by atomic mass is 10.0. The predicted molar refractivity (Wildman–Crippen MR) is 400 cm³/mol. The fourth-order valence-electron chi connectivity index (χ4n) is 12.2. The molecule has 582 valence electrons. The van der Waals surface area contributed by atoms with Gasteiger partial charge in [0.25, 0.3) is 0 Å². The molecular weight excluding hydrogens is 1280 g/mol. The molecule has 0 spiro atoms. The lowest BCUT2D eigenvalue weighted by Gasteiger charge is -2.21. The Morgan fingerprint density at radius 1 is 0.276 bits per heavy atom. The second-order valence-corrected chi connectivity index (χ2v) is 32.3. The molecule has 0 aliphatic heterocycles. The van der Waals surface area contributed by atoms with E-state index in [4.69, 9.17) is 37.0 Å². The first-order valence-corrected chi connectivity index (χ1v) is 44.0. The third-order valence-electron chi connectivity index (χ3n) is 18.5. The minimum absolute atomic E-state index is 0.108. The topological polar surface area (TPSA) is 237 Å². The van der Waals surface area contributed by atoms with Crippen LogP contribution in [0.2, 0.25) is 0 Å². The molecular formula is C79H154O17P2. The number of phosphoric acid groups is 2. The molecule has 0 saturated heterocycles. The van der Waals surface area contributed by atoms with Crippen LogP contribution in [0.5, 0.6) is 0 Å². The molecule has 0 aliphatic carbocycles. The van der Waals surface area contributed by atoms with Crippen LogP contribution in [0.1, 0.15) is 414 Å². The van der Waals surface area contributed by atoms with Crippen molar-refractivity contribution >= 4 is 39.5 Å². The molecule has 0 aliphatic rings. The van der Waals surface area contributed by atoms with Crippen LogP contribution in [-0.4, -0.2) is 96.7 Å². The number of carbonyl (C=O) groups is 4. The van der Waals surface area contributed by atoms with Crippen molar-refractivity contribution in [1.82, 2.24) is 0 Å². The van der Waals surface area contributed by atoms with E-state index in [-0.39, 0.29) is 25.7 Å². The third kappa shape index (κ3) is 72.4. The minimum Gasteiger partial charge on any atom is -0.462 e. The Kier molecular flexibility index (Phi) is 69.3. The Morgan fingerprint density at radius 3 is 0.694 bits per heavy atom. The largest absolute Gasteiger partial charge is 0.472 e. The zero-order valence-electron chi connectivity index (χ0n) is 64.1. The molecule has 98 heavy (non-hydrogen) atoms. The van der Waals surface area contributed by atoms with Gasteiger partial charge in [-0.1, -0.05) is 363 Å². The highest BCUT2D eigenvalue weighted by Crippen LogP contribution is 2.45. The van der Waals surface area contributed by atoms with E-state index in [1.54, 1.807) is 0 Å². The summed E-state index contributed by atoms with van der Waals surface area (Å²) in [5, 5.41) is 10.6. The van der Waals surface area contributed by atoms with Gasteiger partial charge in [-0.25, -0.2) is 9.13 Å². The van der Waals surface area contributed by atoms with Crippen LogP contribution in [0, 0.1) is 11.8 Å². The first-order valence-electron chi connectivity index (χ1n) is 41.0. The van der Waals surface area contributed by atoms with Crippen molar-refractivity contribution in [3.63, 3.8) is 0 Å². The van der Waals surface area contributed by atoms with Crippen LogP contribution in [0.4, 0.5) is 0 Å². The summed E-state index contributed by atoms with van der Waals surface area (Å²) in [6.45, 7) is 9.64. The standard InChI is InChI=1S/C79H154O17P2/c1-7-9-11-13-15-17-19-21-23-24-26-32-40-46-52-58-64-79(84)95-74(67-89-76(81)61-55-49-43-37-30-28-27-29-35-41-47-53-59-71(3)4)69-93-97(85,86)91-65-73(80)66-92-98(87,88)94-70-75(68-90-77(82)62-56-50-44-38-34-33-36-42-48-54-60-72(5)6)96-78(83)63-57-51-45-39-31-25-22-20-18-16-14-12-10-8-2/h71-75,80H,7-70H2,1-6H3,(H,85,86)(H,87,88)/t73-,74-,75-/m1/s1. The van der Waals surface area contributed by atoms with Gasteiger partial charge in [-0.15, -0.1) is 0 Å². The van der Waals surface area contributed by atoms with Crippen molar-refractivity contribution in [3.05, 3.63) is 0 Å². The van der Waals surface area contributed by atoms with Crippen molar-refractivity contribution in [2.45, 2.75) is 432 Å². The van der Waals surface area contributed by atoms with Crippen LogP contribution in [0.25, 0.3) is 0 Å². The third-order valence-corrected chi connectivity index (χ3v) is 20.4. The Hall–Kier alpha value is -1.94. The zero-order chi connectivity index (χ0) is 72.1. The van der Waals surface area contributed by atoms with Gasteiger partial charge in [0.2, 0.25) is 0 Å². The van der Waals surface area contributed by atoms with Crippen molar-refractivity contribution in [1.29, 1.82) is 0 Å². The smallest absolute Gasteiger partial charge is 0.462 e. The predicted octanol–water partition coefficient (Wildman–Crippen LogP) is 23.5. The molecule has 0 rings (SSSR count). The van der Waals surface area contributed by atoms with E-state index in [0.717, 1.165) is 102 Å². The number of carbonyl (C=O) groups excluding carboxylic acids is 4. The number of esters is 4. The molecule has 19 heteroatoms. The van der Waals surface area contributed by atoms with E-state index in [1.807, 2.05) is 0 Å². The van der Waals surface area contributed by atoms with Crippen molar-refractivity contribution in [2.24, 2.45) is 11.8 Å². The molecule has 0 bridgehead atoms. The molecule has 0 heterocycles. The van der Waals surface area contributed by atoms with Crippen molar-refractivity contribution in [3.8, 4) is 0 Å². The maximum absolute atomic E-state index is 13.1. The van der Waals surface area contributed by atoms with E-state index >= 15 is 0 Å². The van der Waals surface area contributed by atoms with Gasteiger partial charge >= 0.3 is 39.5 Å². The Bertz CT molecular complexity index is 1890. The normalized spacial score (nSPS) is 13.9. The molecule has 5 atom stereocenters. The highest BCUT2D eigenvalue weighted by Gasteiger charge is 2.30. The van der Waals surface area contributed by atoms with E-state index < -0.39 is 97.5 Å². The Balaban J connectivity index is 5.27. The number of rotatable bonds is 78. The lowest BCUT2D eigenvalue weighted by molar-refractivity contribution is -0.161. The highest BCUT2D eigenvalue weighted by molar-refractivity contribution is 7.47. The maximum Gasteiger partial charge on any atom is 0.472 e. The first-order chi connectivity index (χ1) is 47.4. The highest BCUT2D eigenvalue weighted by atomic mass is 31.2. The second-order valence-electron chi connectivity index (χ2n) is 29.4. The fraction of sp³-hybridized carbons (Fsp3) is 0.949. The van der Waals surface area contributed by atoms with Crippen LogP contribution in [0.15, 0.2) is 0 Å². The number of ether oxygens (including phenoxy) is 4. The van der Waals surface area contributed by atoms with Gasteiger partial charge in [-0.05, 0) is 37.5 Å². The Labute approximate surface area is 600 Å². The van der Waals surface area contributed by atoms with Crippen LogP contribution in [-0.2, 0) is 65.4 Å². The van der Waals surface area contributed by atoms with Gasteiger partial charge in [-0.2, -0.15) is 0 Å². The average Bonchev–Trinajstić information content (AvgIpc) is 1.17. The summed E-state index contributed by atoms with van der Waals surface area (Å²) in [5.74, 6) is -0.567. The maximum atomic E-state index is 13.1. The number of unbranched alkanes of at least 4 members (excludes halogenated alkanes) is 48. The van der Waals surface area contributed by atoms with E-state index in [0.29, 0.717) is 25.7 Å². The van der Waals surface area contributed by atoms with Crippen LogP contribution >= 0.6 is 15.6 Å². The molecule has 0 fully saturated rings. The molecule has 0 saturated carbocycles. The fourth-order valence-corrected chi connectivity index (χ4v) is 13.8. The molecule has 0 aromatic carbocycles. The van der Waals surface area contributed by atoms with E-state index in [2.05, 4.69) is 41.5 Å². The van der Waals surface area contributed by atoms with E-state index in [9.17, 15) is 43.2 Å². The van der Waals surface area contributed by atoms with Gasteiger partial charge < -0.3 is 33.8 Å². The van der Waals surface area contributed by atoms with Gasteiger partial charge in [0, 0.05) is 25.7 Å². The van der Waals surface area contributed by atoms with Gasteiger partial charge in [-0.3, -0.25) is 37.3 Å². The summed E-state index contributed by atoms with van der Waals surface area (Å²) in [5.41, 5.74) is 0. The monoisotopic (exact) mass is 1440 g/mol. The molecule has 17 nitrogen and oxygen atoms in total. The number of aliphatic hydroxyl groups excluding tert-OH is 1. The van der Waals surface area contributed by atoms with Crippen LogP contribution in [0.3, 0.4) is 0 Å². The molecule has 0 aromatic rings. The van der Waals surface area contributed by atoms with Crippen molar-refractivity contribution in [2.75, 3.05) is 39.6 Å². The Morgan fingerprint density at radius 2 is 0.469 bits per heavy atom. The second kappa shape index (κ2) is 70.7. The summed E-state index contributed by atoms with van der Waals surface area (Å²) >= 11 is 0. The zero-order valence-corrected chi connectivity index (χ0v) is 65.9. The molecule has 2 unspecified atom stereocenters. The lowest BCUT2D eigenvalue weighted by Crippen LogP contribution is -2.30. The summed E-state index contributed by atoms with van der Waals surface area (Å²) in [6, 6.07) is 0. The molecule has 0 radical (unpaired) electrons. The number of phosphoric ester groups is 2. The molecule has 0 aromatic heterocycles. The summed E-state index contributed by atoms with van der Waals surface area (Å²) in [4.78, 5) is 73.0. The number of hydrogen-bond donors (Lipinski definition) is 3. The average molecular weight is 1440 g/mol. The summed E-state index contributed by atoms with van der Waals surface area (Å²) in [6.07, 6.45) is 59.5. The first kappa shape index (κ1) is 96.1. The quantitative estimate of drug-likeness (QED) is 0.0222. The number of hydrogen-bond acceptors (Lipinski definition) is 15. The summed E-state index contributed by atoms with van der Waals surface area (Å²) in [7, 11) is -9.92. The van der Waals surface area contributed by atoms with Gasteiger partial charge in [0.05, 0.1) is 26.4 Å². The van der Waals surface area contributed by atoms with Crippen LogP contribution < -0.4 is 0 Å². The molecule has 3 N–H and O–H groups in total. The van der Waals surface area contributed by atoms with E-state index in [1.165, 1.54) is 231 Å². The molecule has 0 amide bonds. The SMILES string of the molecule is CCCCCCCCCCCCCCCCCCC(=O)O[C@H](COC(=O)CCCCCCCCCCCCCCC(C)C)COP(=O)(O)OC[C@@H](O)COP(=O)(O)OC[C@@H](COC(=O)CCCCCCCCCCCCC(C)C)OC(=O)CCCCCCCCCCCCCCCC. The minimum atomic E-state index is -4.96.